The molecule has 1 saturated carbocycles. The van der Waals surface area contributed by atoms with Gasteiger partial charge in [0, 0.05) is 29.5 Å². The molecule has 0 radical (unpaired) electrons. The number of nitrogens with two attached hydrogens (primary N) is 1. The number of pyridine rings is 3. The van der Waals surface area contributed by atoms with E-state index in [4.69, 9.17) is 11.0 Å². The van der Waals surface area contributed by atoms with Crippen molar-refractivity contribution in [3.63, 3.8) is 0 Å². The van der Waals surface area contributed by atoms with Gasteiger partial charge in [0.25, 0.3) is 0 Å². The summed E-state index contributed by atoms with van der Waals surface area (Å²) in [5.41, 5.74) is 8.76. The first-order chi connectivity index (χ1) is 12.6. The van der Waals surface area contributed by atoms with Crippen molar-refractivity contribution in [2.75, 3.05) is 11.1 Å². The summed E-state index contributed by atoms with van der Waals surface area (Å²) < 4.78 is 0. The molecule has 1 aliphatic rings. The molecule has 0 aromatic carbocycles. The van der Waals surface area contributed by atoms with E-state index in [9.17, 15) is 4.79 Å². The number of nitriles is 1. The first-order valence-electron chi connectivity index (χ1n) is 8.24. The van der Waals surface area contributed by atoms with Crippen LogP contribution in [-0.2, 0) is 4.79 Å². The Morgan fingerprint density at radius 2 is 2.23 bits per heavy atom. The highest BCUT2D eigenvalue weighted by atomic mass is 16.2. The third kappa shape index (κ3) is 2.82. The second-order valence-corrected chi connectivity index (χ2v) is 6.44. The van der Waals surface area contributed by atoms with E-state index in [0.717, 1.165) is 27.6 Å². The van der Waals surface area contributed by atoms with E-state index in [1.807, 2.05) is 19.1 Å². The second kappa shape index (κ2) is 6.08. The lowest BCUT2D eigenvalue weighted by atomic mass is 10.1. The molecule has 3 heterocycles. The number of aromatic nitrogens is 3. The Morgan fingerprint density at radius 3 is 2.96 bits per heavy atom. The van der Waals surface area contributed by atoms with Crippen molar-refractivity contribution in [2.24, 2.45) is 11.8 Å². The highest BCUT2D eigenvalue weighted by Gasteiger charge is 2.43. The summed E-state index contributed by atoms with van der Waals surface area (Å²) in [7, 11) is 0. The van der Waals surface area contributed by atoms with Gasteiger partial charge in [-0.05, 0) is 42.5 Å². The summed E-state index contributed by atoms with van der Waals surface area (Å²) >= 11 is 0. The second-order valence-electron chi connectivity index (χ2n) is 6.44. The highest BCUT2D eigenvalue weighted by Crippen LogP contribution is 2.38. The lowest BCUT2D eigenvalue weighted by Crippen LogP contribution is -2.15. The van der Waals surface area contributed by atoms with Crippen molar-refractivity contribution in [1.82, 2.24) is 15.0 Å². The van der Waals surface area contributed by atoms with Crippen LogP contribution in [0.5, 0.6) is 0 Å². The Balaban J connectivity index is 1.70. The molecule has 0 spiro atoms. The Labute approximate surface area is 149 Å². The average Bonchev–Trinajstić information content (AvgIpc) is 3.42. The van der Waals surface area contributed by atoms with Crippen LogP contribution in [0.1, 0.15) is 12.0 Å². The summed E-state index contributed by atoms with van der Waals surface area (Å²) in [6.45, 7) is 1.98. The van der Waals surface area contributed by atoms with Crippen LogP contribution < -0.4 is 11.1 Å². The van der Waals surface area contributed by atoms with Crippen molar-refractivity contribution in [3.05, 3.63) is 42.4 Å². The Bertz CT molecular complexity index is 1070. The van der Waals surface area contributed by atoms with E-state index in [1.54, 1.807) is 24.7 Å². The summed E-state index contributed by atoms with van der Waals surface area (Å²) in [6.07, 6.45) is 5.69. The van der Waals surface area contributed by atoms with Gasteiger partial charge in [-0.1, -0.05) is 0 Å². The van der Waals surface area contributed by atoms with Gasteiger partial charge in [-0.15, -0.1) is 0 Å². The van der Waals surface area contributed by atoms with Gasteiger partial charge >= 0.3 is 0 Å². The van der Waals surface area contributed by atoms with E-state index >= 15 is 0 Å². The Morgan fingerprint density at radius 1 is 1.38 bits per heavy atom. The van der Waals surface area contributed by atoms with Gasteiger partial charge in [0.05, 0.1) is 23.6 Å². The monoisotopic (exact) mass is 344 g/mol. The highest BCUT2D eigenvalue weighted by molar-refractivity contribution is 5.98. The summed E-state index contributed by atoms with van der Waals surface area (Å²) in [4.78, 5) is 25.0. The number of carbonyl (C=O) groups is 1. The lowest BCUT2D eigenvalue weighted by molar-refractivity contribution is -0.117. The first-order valence-corrected chi connectivity index (χ1v) is 8.24. The van der Waals surface area contributed by atoms with Gasteiger partial charge in [0.1, 0.15) is 11.6 Å². The van der Waals surface area contributed by atoms with Crippen LogP contribution in [0.3, 0.4) is 0 Å². The number of carbonyl (C=O) groups excluding carboxylic acids is 1. The molecule has 2 atom stereocenters. The zero-order chi connectivity index (χ0) is 18.3. The lowest BCUT2D eigenvalue weighted by Gasteiger charge is -2.10. The van der Waals surface area contributed by atoms with Crippen LogP contribution >= 0.6 is 0 Å². The molecule has 3 aromatic rings. The number of hydrogen-bond acceptors (Lipinski definition) is 6. The third-order valence-electron chi connectivity index (χ3n) is 4.60. The number of aryl methyl sites for hydroxylation is 1. The molecule has 4 rings (SSSR count). The van der Waals surface area contributed by atoms with Gasteiger partial charge in [-0.3, -0.25) is 9.78 Å². The van der Waals surface area contributed by atoms with Crippen LogP contribution in [0.4, 0.5) is 11.6 Å². The van der Waals surface area contributed by atoms with Crippen molar-refractivity contribution in [3.8, 4) is 17.3 Å². The summed E-state index contributed by atoms with van der Waals surface area (Å²) in [5.74, 6) is 0.209. The van der Waals surface area contributed by atoms with Crippen molar-refractivity contribution in [1.29, 1.82) is 5.26 Å². The molecule has 1 fully saturated rings. The van der Waals surface area contributed by atoms with E-state index in [-0.39, 0.29) is 17.7 Å². The molecule has 1 aliphatic carbocycles. The van der Waals surface area contributed by atoms with E-state index in [0.29, 0.717) is 18.1 Å². The number of fused-ring (bicyclic) bond motifs is 1. The molecule has 7 heteroatoms. The molecule has 7 nitrogen and oxygen atoms in total. The SMILES string of the molecule is Cc1ccncc1-c1cc2cc(NC(=O)[C@H]3C[C@@H]3C#N)ncc2c(N)n1. The predicted molar refractivity (Wildman–Crippen MR) is 97.8 cm³/mol. The van der Waals surface area contributed by atoms with Gasteiger partial charge in [0.2, 0.25) is 5.91 Å². The average molecular weight is 344 g/mol. The minimum absolute atomic E-state index is 0.172. The van der Waals surface area contributed by atoms with E-state index in [2.05, 4.69) is 26.3 Å². The van der Waals surface area contributed by atoms with Crippen molar-refractivity contribution >= 4 is 28.3 Å². The minimum atomic E-state index is -0.242. The first kappa shape index (κ1) is 16.0. The number of nitrogen functional groups attached to an aromatic ring is 1. The molecule has 0 aliphatic heterocycles. The van der Waals surface area contributed by atoms with Gasteiger partial charge < -0.3 is 11.1 Å². The number of amides is 1. The topological polar surface area (TPSA) is 118 Å². The Hall–Kier alpha value is -3.53. The number of anilines is 2. The van der Waals surface area contributed by atoms with Gasteiger partial charge in [-0.2, -0.15) is 5.26 Å². The Kier molecular flexibility index (Phi) is 3.73. The van der Waals surface area contributed by atoms with Gasteiger partial charge in [-0.25, -0.2) is 9.97 Å². The zero-order valence-corrected chi connectivity index (χ0v) is 14.1. The number of nitrogens with zero attached hydrogens (tertiary/aromatic N) is 4. The van der Waals surface area contributed by atoms with Crippen LogP contribution in [0.2, 0.25) is 0 Å². The smallest absolute Gasteiger partial charge is 0.230 e. The van der Waals surface area contributed by atoms with E-state index < -0.39 is 0 Å². The largest absolute Gasteiger partial charge is 0.383 e. The van der Waals surface area contributed by atoms with Crippen molar-refractivity contribution < 1.29 is 4.79 Å². The molecule has 26 heavy (non-hydrogen) atoms. The van der Waals surface area contributed by atoms with Crippen LogP contribution in [0, 0.1) is 30.1 Å². The van der Waals surface area contributed by atoms with Gasteiger partial charge in [0.15, 0.2) is 0 Å². The molecule has 3 N–H and O–H groups in total. The molecule has 128 valence electrons. The maximum absolute atomic E-state index is 12.1. The summed E-state index contributed by atoms with van der Waals surface area (Å²) in [5, 5.41) is 13.2. The number of rotatable bonds is 3. The predicted octanol–water partition coefficient (Wildman–Crippen LogP) is 2.68. The number of nitrogens with one attached hydrogen (secondary N) is 1. The van der Waals surface area contributed by atoms with E-state index in [1.165, 1.54) is 0 Å². The molecular weight excluding hydrogens is 328 g/mol. The minimum Gasteiger partial charge on any atom is -0.383 e. The molecule has 0 unspecified atom stereocenters. The fourth-order valence-corrected chi connectivity index (χ4v) is 2.96. The normalized spacial score (nSPS) is 18.3. The fourth-order valence-electron chi connectivity index (χ4n) is 2.96. The maximum atomic E-state index is 12.1. The fraction of sp³-hybridized carbons (Fsp3) is 0.211. The molecular formula is C19H16N6O. The quantitative estimate of drug-likeness (QED) is 0.754. The number of hydrogen-bond donors (Lipinski definition) is 2. The van der Waals surface area contributed by atoms with Crippen LogP contribution in [0.25, 0.3) is 22.0 Å². The summed E-state index contributed by atoms with van der Waals surface area (Å²) in [6, 6.07) is 7.70. The van der Waals surface area contributed by atoms with Crippen LogP contribution in [0.15, 0.2) is 36.8 Å². The molecule has 1 amide bonds. The standard InChI is InChI=1S/C19H16N6O/c1-10-2-3-22-8-14(10)16-5-11-6-17(23-9-15(11)18(21)24-16)25-19(26)13-4-12(13)7-20/h2-3,5-6,8-9,12-13H,4H2,1H3,(H2,21,24)(H,23,25,26)/t12-,13+/m1/s1. The van der Waals surface area contributed by atoms with Crippen LogP contribution in [-0.4, -0.2) is 20.9 Å². The molecule has 0 bridgehead atoms. The van der Waals surface area contributed by atoms with Crippen molar-refractivity contribution in [2.45, 2.75) is 13.3 Å². The molecule has 0 saturated heterocycles. The maximum Gasteiger partial charge on any atom is 0.230 e. The third-order valence-corrected chi connectivity index (χ3v) is 4.60. The molecule has 3 aromatic heterocycles. The zero-order valence-electron chi connectivity index (χ0n) is 14.1.